The smallest absolute Gasteiger partial charge is 0.244 e. The van der Waals surface area contributed by atoms with Crippen molar-refractivity contribution in [3.8, 4) is 0 Å². The number of benzene rings is 1. The topological polar surface area (TPSA) is 72.2 Å². The maximum absolute atomic E-state index is 13.7. The van der Waals surface area contributed by atoms with Crippen LogP contribution in [-0.4, -0.2) is 8.42 Å². The van der Waals surface area contributed by atoms with Crippen molar-refractivity contribution in [2.45, 2.75) is 24.4 Å². The van der Waals surface area contributed by atoms with Gasteiger partial charge in [0.25, 0.3) is 0 Å². The molecule has 0 saturated carbocycles. The molecule has 0 aliphatic carbocycles. The Bertz CT molecular complexity index is 684. The van der Waals surface area contributed by atoms with Gasteiger partial charge < -0.3 is 5.73 Å². The lowest BCUT2D eigenvalue weighted by Gasteiger charge is -2.14. The molecule has 1 aromatic heterocycles. The Kier molecular flexibility index (Phi) is 4.54. The number of halogens is 1. The number of rotatable bonds is 5. The average molecular weight is 314 g/mol. The van der Waals surface area contributed by atoms with Crippen molar-refractivity contribution in [1.29, 1.82) is 0 Å². The molecule has 1 atom stereocenters. The molecule has 1 heterocycles. The van der Waals surface area contributed by atoms with E-state index in [1.165, 1.54) is 23.5 Å². The highest BCUT2D eigenvalue weighted by atomic mass is 32.2. The van der Waals surface area contributed by atoms with E-state index in [0.717, 1.165) is 11.6 Å². The van der Waals surface area contributed by atoms with E-state index in [2.05, 4.69) is 4.72 Å². The van der Waals surface area contributed by atoms with Gasteiger partial charge in [-0.25, -0.2) is 17.5 Å². The summed E-state index contributed by atoms with van der Waals surface area (Å²) in [5.41, 5.74) is 6.86. The molecule has 1 unspecified atom stereocenters. The molecule has 0 bridgehead atoms. The Morgan fingerprint density at radius 1 is 1.40 bits per heavy atom. The van der Waals surface area contributed by atoms with Gasteiger partial charge in [0.1, 0.15) is 10.7 Å². The molecule has 0 amide bonds. The monoisotopic (exact) mass is 314 g/mol. The molecule has 2 aromatic rings. The van der Waals surface area contributed by atoms with Crippen LogP contribution >= 0.6 is 11.3 Å². The number of sulfonamides is 1. The molecular weight excluding hydrogens is 299 g/mol. The van der Waals surface area contributed by atoms with Gasteiger partial charge in [-0.15, -0.1) is 0 Å². The Morgan fingerprint density at radius 3 is 2.75 bits per heavy atom. The Morgan fingerprint density at radius 2 is 2.15 bits per heavy atom. The van der Waals surface area contributed by atoms with Crippen LogP contribution in [0.25, 0.3) is 0 Å². The SMILES string of the molecule is CC(NS(=O)(=O)c1cc(CN)ccc1F)c1ccsc1. The first kappa shape index (κ1) is 15.1. The quantitative estimate of drug-likeness (QED) is 0.890. The maximum Gasteiger partial charge on any atom is 0.244 e. The predicted octanol–water partition coefficient (Wildman–Crippen LogP) is 2.39. The zero-order valence-corrected chi connectivity index (χ0v) is 12.5. The molecule has 7 heteroatoms. The highest BCUT2D eigenvalue weighted by molar-refractivity contribution is 7.89. The fraction of sp³-hybridized carbons (Fsp3) is 0.231. The molecule has 0 fully saturated rings. The summed E-state index contributed by atoms with van der Waals surface area (Å²) in [4.78, 5) is -0.373. The number of nitrogens with two attached hydrogens (primary N) is 1. The zero-order chi connectivity index (χ0) is 14.8. The first-order valence-electron chi connectivity index (χ1n) is 5.97. The van der Waals surface area contributed by atoms with Crippen LogP contribution in [0, 0.1) is 5.82 Å². The summed E-state index contributed by atoms with van der Waals surface area (Å²) in [5, 5.41) is 3.70. The third-order valence-corrected chi connectivity index (χ3v) is 5.15. The van der Waals surface area contributed by atoms with E-state index in [4.69, 9.17) is 5.73 Å². The normalized spacial score (nSPS) is 13.3. The van der Waals surface area contributed by atoms with Crippen molar-refractivity contribution < 1.29 is 12.8 Å². The van der Waals surface area contributed by atoms with Gasteiger partial charge in [-0.2, -0.15) is 11.3 Å². The summed E-state index contributed by atoms with van der Waals surface area (Å²) in [6, 6.07) is 5.25. The van der Waals surface area contributed by atoms with Gasteiger partial charge in [0, 0.05) is 12.6 Å². The van der Waals surface area contributed by atoms with Gasteiger partial charge in [0.15, 0.2) is 0 Å². The number of hydrogen-bond acceptors (Lipinski definition) is 4. The Balaban J connectivity index is 2.31. The molecule has 2 rings (SSSR count). The van der Waals surface area contributed by atoms with Gasteiger partial charge in [0.2, 0.25) is 10.0 Å². The van der Waals surface area contributed by atoms with Crippen LogP contribution in [0.5, 0.6) is 0 Å². The van der Waals surface area contributed by atoms with Crippen molar-refractivity contribution in [3.63, 3.8) is 0 Å². The largest absolute Gasteiger partial charge is 0.326 e. The lowest BCUT2D eigenvalue weighted by Crippen LogP contribution is -2.27. The second-order valence-corrected chi connectivity index (χ2v) is 6.83. The van der Waals surface area contributed by atoms with E-state index in [1.54, 1.807) is 6.92 Å². The second kappa shape index (κ2) is 6.01. The Hall–Kier alpha value is -1.28. The summed E-state index contributed by atoms with van der Waals surface area (Å²) in [7, 11) is -3.92. The molecular formula is C13H15FN2O2S2. The summed E-state index contributed by atoms with van der Waals surface area (Å²) in [5.74, 6) is -0.785. The van der Waals surface area contributed by atoms with Crippen molar-refractivity contribution >= 4 is 21.4 Å². The van der Waals surface area contributed by atoms with Crippen molar-refractivity contribution in [2.75, 3.05) is 0 Å². The van der Waals surface area contributed by atoms with E-state index in [1.807, 2.05) is 16.8 Å². The van der Waals surface area contributed by atoms with Crippen LogP contribution in [0.3, 0.4) is 0 Å². The van der Waals surface area contributed by atoms with E-state index in [0.29, 0.717) is 5.56 Å². The van der Waals surface area contributed by atoms with Gasteiger partial charge in [-0.1, -0.05) is 6.07 Å². The van der Waals surface area contributed by atoms with Crippen LogP contribution in [0.1, 0.15) is 24.1 Å². The molecule has 4 nitrogen and oxygen atoms in total. The minimum atomic E-state index is -3.92. The zero-order valence-electron chi connectivity index (χ0n) is 10.8. The lowest BCUT2D eigenvalue weighted by atomic mass is 10.2. The molecule has 20 heavy (non-hydrogen) atoms. The van der Waals surface area contributed by atoms with Gasteiger partial charge in [-0.3, -0.25) is 0 Å². The second-order valence-electron chi connectivity index (χ2n) is 4.37. The van der Waals surface area contributed by atoms with Crippen LogP contribution < -0.4 is 10.5 Å². The van der Waals surface area contributed by atoms with Gasteiger partial charge >= 0.3 is 0 Å². The average Bonchev–Trinajstić information content (AvgIpc) is 2.92. The summed E-state index contributed by atoms with van der Waals surface area (Å²) in [6.07, 6.45) is 0. The van der Waals surface area contributed by atoms with Crippen LogP contribution in [0.4, 0.5) is 4.39 Å². The number of thiophene rings is 1. The van der Waals surface area contributed by atoms with Gasteiger partial charge in [-0.05, 0) is 47.0 Å². The molecule has 0 saturated heterocycles. The number of nitrogens with one attached hydrogen (secondary N) is 1. The summed E-state index contributed by atoms with van der Waals surface area (Å²) < 4.78 is 40.7. The third-order valence-electron chi connectivity index (χ3n) is 2.90. The molecule has 0 radical (unpaired) electrons. The summed E-state index contributed by atoms with van der Waals surface area (Å²) >= 11 is 1.47. The standard InChI is InChI=1S/C13H15FN2O2S2/c1-9(11-4-5-19-8-11)16-20(17,18)13-6-10(7-15)2-3-12(13)14/h2-6,8-9,16H,7,15H2,1H3. The lowest BCUT2D eigenvalue weighted by molar-refractivity contribution is 0.546. The maximum atomic E-state index is 13.7. The molecule has 0 aliphatic heterocycles. The van der Waals surface area contributed by atoms with Crippen LogP contribution in [0.15, 0.2) is 39.9 Å². The van der Waals surface area contributed by atoms with Gasteiger partial charge in [0.05, 0.1) is 0 Å². The molecule has 108 valence electrons. The Labute approximate surface area is 121 Å². The minimum absolute atomic E-state index is 0.156. The third kappa shape index (κ3) is 3.24. The van der Waals surface area contributed by atoms with Crippen molar-refractivity contribution in [1.82, 2.24) is 4.72 Å². The van der Waals surface area contributed by atoms with E-state index >= 15 is 0 Å². The van der Waals surface area contributed by atoms with Crippen LogP contribution in [0.2, 0.25) is 0 Å². The van der Waals surface area contributed by atoms with Crippen molar-refractivity contribution in [3.05, 3.63) is 52.0 Å². The predicted molar refractivity (Wildman–Crippen MR) is 77.3 cm³/mol. The summed E-state index contributed by atoms with van der Waals surface area (Å²) in [6.45, 7) is 1.87. The first-order chi connectivity index (χ1) is 9.44. The fourth-order valence-electron chi connectivity index (χ4n) is 1.77. The van der Waals surface area contributed by atoms with E-state index < -0.39 is 21.9 Å². The molecule has 3 N–H and O–H groups in total. The molecule has 0 aliphatic rings. The number of hydrogen-bond donors (Lipinski definition) is 2. The van der Waals surface area contributed by atoms with E-state index in [9.17, 15) is 12.8 Å². The van der Waals surface area contributed by atoms with Crippen molar-refractivity contribution in [2.24, 2.45) is 5.73 Å². The highest BCUT2D eigenvalue weighted by Crippen LogP contribution is 2.21. The molecule has 1 aromatic carbocycles. The fourth-order valence-corrected chi connectivity index (χ4v) is 3.88. The first-order valence-corrected chi connectivity index (χ1v) is 8.39. The molecule has 0 spiro atoms. The van der Waals surface area contributed by atoms with E-state index in [-0.39, 0.29) is 11.4 Å². The van der Waals surface area contributed by atoms with Crippen LogP contribution in [-0.2, 0) is 16.6 Å². The highest BCUT2D eigenvalue weighted by Gasteiger charge is 2.22. The minimum Gasteiger partial charge on any atom is -0.326 e.